The van der Waals surface area contributed by atoms with Crippen LogP contribution in [-0.2, 0) is 6.54 Å². The number of rotatable bonds is 3. The van der Waals surface area contributed by atoms with E-state index in [-0.39, 0.29) is 0 Å². The second-order valence-electron chi connectivity index (χ2n) is 3.71. The van der Waals surface area contributed by atoms with E-state index in [0.717, 1.165) is 18.2 Å². The number of nitrogens with two attached hydrogens (primary N) is 1. The van der Waals surface area contributed by atoms with Crippen molar-refractivity contribution in [3.8, 4) is 0 Å². The molecular formula is C10H14N2S. The Morgan fingerprint density at radius 1 is 1.62 bits per heavy atom. The summed E-state index contributed by atoms with van der Waals surface area (Å²) < 4.78 is 2.17. The zero-order chi connectivity index (χ0) is 9.26. The van der Waals surface area contributed by atoms with E-state index in [0.29, 0.717) is 4.99 Å². The maximum Gasteiger partial charge on any atom is 0.120 e. The quantitative estimate of drug-likeness (QED) is 0.745. The molecule has 2 nitrogen and oxygen atoms in total. The van der Waals surface area contributed by atoms with Crippen molar-refractivity contribution in [1.82, 2.24) is 4.57 Å². The van der Waals surface area contributed by atoms with Crippen LogP contribution in [0.1, 0.15) is 25.0 Å². The highest BCUT2D eigenvalue weighted by Gasteiger charge is 2.18. The molecule has 0 aliphatic heterocycles. The molecule has 1 aromatic heterocycles. The molecule has 1 aliphatic carbocycles. The van der Waals surface area contributed by atoms with Crippen LogP contribution in [0.2, 0.25) is 0 Å². The molecule has 0 saturated heterocycles. The molecule has 2 N–H and O–H groups in total. The summed E-state index contributed by atoms with van der Waals surface area (Å²) in [6.45, 7) is 1.08. The molecular weight excluding hydrogens is 180 g/mol. The summed E-state index contributed by atoms with van der Waals surface area (Å²) in [6, 6.07) is 3.99. The molecule has 1 fully saturated rings. The lowest BCUT2D eigenvalue weighted by atomic mass is 9.85. The van der Waals surface area contributed by atoms with Crippen molar-refractivity contribution in [3.63, 3.8) is 0 Å². The van der Waals surface area contributed by atoms with Crippen LogP contribution in [0.15, 0.2) is 18.3 Å². The molecule has 2 rings (SSSR count). The highest BCUT2D eigenvalue weighted by Crippen LogP contribution is 2.28. The largest absolute Gasteiger partial charge is 0.388 e. The molecule has 70 valence electrons. The maximum atomic E-state index is 5.60. The Kier molecular flexibility index (Phi) is 2.36. The minimum Gasteiger partial charge on any atom is -0.388 e. The summed E-state index contributed by atoms with van der Waals surface area (Å²) >= 11 is 4.97. The second-order valence-corrected chi connectivity index (χ2v) is 4.15. The molecule has 0 atom stereocenters. The fraction of sp³-hybridized carbons (Fsp3) is 0.500. The first-order valence-electron chi connectivity index (χ1n) is 4.72. The first-order chi connectivity index (χ1) is 6.27. The van der Waals surface area contributed by atoms with Gasteiger partial charge in [-0.15, -0.1) is 0 Å². The van der Waals surface area contributed by atoms with Crippen molar-refractivity contribution in [2.24, 2.45) is 11.7 Å². The van der Waals surface area contributed by atoms with Gasteiger partial charge in [0, 0.05) is 12.7 Å². The predicted molar refractivity (Wildman–Crippen MR) is 57.7 cm³/mol. The van der Waals surface area contributed by atoms with Crippen molar-refractivity contribution < 1.29 is 0 Å². The van der Waals surface area contributed by atoms with E-state index in [9.17, 15) is 0 Å². The van der Waals surface area contributed by atoms with Gasteiger partial charge in [-0.1, -0.05) is 18.6 Å². The number of nitrogens with zero attached hydrogens (tertiary/aromatic N) is 1. The van der Waals surface area contributed by atoms with Gasteiger partial charge >= 0.3 is 0 Å². The summed E-state index contributed by atoms with van der Waals surface area (Å²) in [5.41, 5.74) is 6.61. The van der Waals surface area contributed by atoms with E-state index in [2.05, 4.69) is 10.8 Å². The lowest BCUT2D eigenvalue weighted by Crippen LogP contribution is -2.22. The van der Waals surface area contributed by atoms with E-state index in [1.54, 1.807) is 0 Å². The first kappa shape index (κ1) is 8.75. The van der Waals surface area contributed by atoms with Crippen LogP contribution in [0.25, 0.3) is 0 Å². The molecule has 0 radical (unpaired) electrons. The van der Waals surface area contributed by atoms with Crippen LogP contribution in [0.5, 0.6) is 0 Å². The molecule has 0 unspecified atom stereocenters. The summed E-state index contributed by atoms with van der Waals surface area (Å²) in [7, 11) is 0. The fourth-order valence-electron chi connectivity index (χ4n) is 1.75. The molecule has 3 heteroatoms. The second kappa shape index (κ2) is 3.50. The molecule has 1 aromatic rings. The fourth-order valence-corrected chi connectivity index (χ4v) is 1.94. The molecule has 0 amide bonds. The van der Waals surface area contributed by atoms with Crippen LogP contribution in [0, 0.1) is 5.92 Å². The van der Waals surface area contributed by atoms with Crippen LogP contribution in [0.3, 0.4) is 0 Å². The summed E-state index contributed by atoms with van der Waals surface area (Å²) in [5, 5.41) is 0. The van der Waals surface area contributed by atoms with Gasteiger partial charge in [-0.3, -0.25) is 0 Å². The number of aromatic nitrogens is 1. The predicted octanol–water partition coefficient (Wildman–Crippen LogP) is 1.92. The highest BCUT2D eigenvalue weighted by atomic mass is 32.1. The van der Waals surface area contributed by atoms with Gasteiger partial charge in [-0.05, 0) is 30.9 Å². The van der Waals surface area contributed by atoms with Gasteiger partial charge in [0.1, 0.15) is 4.99 Å². The van der Waals surface area contributed by atoms with E-state index >= 15 is 0 Å². The van der Waals surface area contributed by atoms with Crippen LogP contribution in [-0.4, -0.2) is 9.56 Å². The third kappa shape index (κ3) is 1.75. The van der Waals surface area contributed by atoms with Crippen molar-refractivity contribution in [2.45, 2.75) is 25.8 Å². The molecule has 0 aromatic carbocycles. The van der Waals surface area contributed by atoms with Crippen molar-refractivity contribution in [2.75, 3.05) is 0 Å². The molecule has 1 aliphatic rings. The van der Waals surface area contributed by atoms with E-state index in [4.69, 9.17) is 18.0 Å². The molecule has 0 spiro atoms. The molecule has 1 heterocycles. The van der Waals surface area contributed by atoms with Gasteiger partial charge in [-0.25, -0.2) is 0 Å². The molecule has 13 heavy (non-hydrogen) atoms. The average molecular weight is 194 g/mol. The number of hydrogen-bond donors (Lipinski definition) is 1. The average Bonchev–Trinajstić information content (AvgIpc) is 2.44. The van der Waals surface area contributed by atoms with Crippen molar-refractivity contribution in [3.05, 3.63) is 24.0 Å². The van der Waals surface area contributed by atoms with Crippen LogP contribution >= 0.6 is 12.2 Å². The zero-order valence-electron chi connectivity index (χ0n) is 7.57. The van der Waals surface area contributed by atoms with Gasteiger partial charge in [0.25, 0.3) is 0 Å². The van der Waals surface area contributed by atoms with Crippen molar-refractivity contribution in [1.29, 1.82) is 0 Å². The third-order valence-corrected chi connectivity index (χ3v) is 2.97. The normalized spacial score (nSPS) is 16.9. The SMILES string of the molecule is NC(=S)c1cccn1CC1CCC1. The molecule has 1 saturated carbocycles. The van der Waals surface area contributed by atoms with E-state index < -0.39 is 0 Å². The summed E-state index contributed by atoms with van der Waals surface area (Å²) in [6.07, 6.45) is 6.16. The number of thiocarbonyl (C=S) groups is 1. The maximum absolute atomic E-state index is 5.60. The Bertz CT molecular complexity index is 312. The van der Waals surface area contributed by atoms with Gasteiger partial charge < -0.3 is 10.3 Å². The van der Waals surface area contributed by atoms with E-state index in [1.807, 2.05) is 12.1 Å². The Hall–Kier alpha value is -0.830. The minimum absolute atomic E-state index is 0.504. The van der Waals surface area contributed by atoms with Gasteiger partial charge in [0.15, 0.2) is 0 Å². The Morgan fingerprint density at radius 3 is 2.92 bits per heavy atom. The standard InChI is InChI=1S/C10H14N2S/c11-10(13)9-5-2-6-12(9)7-8-3-1-4-8/h2,5-6,8H,1,3-4,7H2,(H2,11,13). The summed E-state index contributed by atoms with van der Waals surface area (Å²) in [5.74, 6) is 0.848. The van der Waals surface area contributed by atoms with Gasteiger partial charge in [0.2, 0.25) is 0 Å². The Balaban J connectivity index is 2.09. The smallest absolute Gasteiger partial charge is 0.120 e. The summed E-state index contributed by atoms with van der Waals surface area (Å²) in [4.78, 5) is 0.504. The topological polar surface area (TPSA) is 30.9 Å². The zero-order valence-corrected chi connectivity index (χ0v) is 8.39. The lowest BCUT2D eigenvalue weighted by Gasteiger charge is -2.26. The van der Waals surface area contributed by atoms with Crippen LogP contribution in [0.4, 0.5) is 0 Å². The molecule has 0 bridgehead atoms. The van der Waals surface area contributed by atoms with Crippen LogP contribution < -0.4 is 5.73 Å². The van der Waals surface area contributed by atoms with Gasteiger partial charge in [-0.2, -0.15) is 0 Å². The van der Waals surface area contributed by atoms with Crippen molar-refractivity contribution >= 4 is 17.2 Å². The Morgan fingerprint density at radius 2 is 2.38 bits per heavy atom. The lowest BCUT2D eigenvalue weighted by molar-refractivity contribution is 0.276. The number of hydrogen-bond acceptors (Lipinski definition) is 1. The van der Waals surface area contributed by atoms with Gasteiger partial charge in [0.05, 0.1) is 5.69 Å². The monoisotopic (exact) mass is 194 g/mol. The first-order valence-corrected chi connectivity index (χ1v) is 5.13. The highest BCUT2D eigenvalue weighted by molar-refractivity contribution is 7.80. The third-order valence-electron chi connectivity index (χ3n) is 2.76. The minimum atomic E-state index is 0.504. The van der Waals surface area contributed by atoms with E-state index in [1.165, 1.54) is 19.3 Å². The Labute approximate surface area is 83.7 Å².